The van der Waals surface area contributed by atoms with Crippen LogP contribution >= 0.6 is 0 Å². The molecule has 108 valence electrons. The van der Waals surface area contributed by atoms with E-state index in [0.29, 0.717) is 6.04 Å². The number of hydrogen-bond donors (Lipinski definition) is 1. The fourth-order valence-electron chi connectivity index (χ4n) is 3.19. The first-order valence-corrected chi connectivity index (χ1v) is 8.05. The first-order valence-electron chi connectivity index (χ1n) is 8.05. The third-order valence-corrected chi connectivity index (χ3v) is 4.42. The van der Waals surface area contributed by atoms with Gasteiger partial charge in [0.15, 0.2) is 0 Å². The molecule has 2 N–H and O–H groups in total. The van der Waals surface area contributed by atoms with Gasteiger partial charge in [0.2, 0.25) is 0 Å². The highest BCUT2D eigenvalue weighted by Gasteiger charge is 2.26. The summed E-state index contributed by atoms with van der Waals surface area (Å²) < 4.78 is 0. The van der Waals surface area contributed by atoms with Gasteiger partial charge in [0, 0.05) is 18.1 Å². The maximum atomic E-state index is 6.03. The number of nitrogens with zero attached hydrogens (tertiary/aromatic N) is 1. The summed E-state index contributed by atoms with van der Waals surface area (Å²) in [6, 6.07) is 2.01. The zero-order valence-corrected chi connectivity index (χ0v) is 13.0. The molecule has 0 spiro atoms. The number of rotatable bonds is 7. The summed E-state index contributed by atoms with van der Waals surface area (Å²) in [5, 5.41) is 0. The largest absolute Gasteiger partial charge is 0.328 e. The van der Waals surface area contributed by atoms with Crippen LogP contribution in [-0.4, -0.2) is 29.6 Å². The molecule has 1 saturated carbocycles. The van der Waals surface area contributed by atoms with Crippen molar-refractivity contribution in [2.75, 3.05) is 6.54 Å². The van der Waals surface area contributed by atoms with Crippen molar-refractivity contribution in [2.45, 2.75) is 90.8 Å². The summed E-state index contributed by atoms with van der Waals surface area (Å²) in [7, 11) is 0. The molecule has 0 saturated heterocycles. The van der Waals surface area contributed by atoms with Crippen LogP contribution < -0.4 is 5.73 Å². The number of nitrogens with two attached hydrogens (primary N) is 1. The summed E-state index contributed by atoms with van der Waals surface area (Å²) in [5.74, 6) is 0.829. The molecule has 2 heteroatoms. The van der Waals surface area contributed by atoms with Crippen molar-refractivity contribution in [1.82, 2.24) is 4.90 Å². The average Bonchev–Trinajstić information content (AvgIpc) is 2.34. The van der Waals surface area contributed by atoms with Gasteiger partial charge in [0.25, 0.3) is 0 Å². The van der Waals surface area contributed by atoms with E-state index in [1.54, 1.807) is 0 Å². The van der Waals surface area contributed by atoms with Gasteiger partial charge in [-0.3, -0.25) is 4.90 Å². The number of hydrogen-bond acceptors (Lipinski definition) is 2. The Hall–Kier alpha value is -0.0800. The smallest absolute Gasteiger partial charge is 0.00992 e. The molecule has 0 amide bonds. The van der Waals surface area contributed by atoms with Gasteiger partial charge in [-0.15, -0.1) is 0 Å². The lowest BCUT2D eigenvalue weighted by atomic mass is 9.89. The van der Waals surface area contributed by atoms with Crippen LogP contribution in [0.3, 0.4) is 0 Å². The third kappa shape index (κ3) is 5.27. The zero-order chi connectivity index (χ0) is 13.5. The van der Waals surface area contributed by atoms with Crippen LogP contribution in [-0.2, 0) is 0 Å². The molecule has 1 aliphatic rings. The van der Waals surface area contributed by atoms with Crippen molar-refractivity contribution in [1.29, 1.82) is 0 Å². The van der Waals surface area contributed by atoms with E-state index in [0.717, 1.165) is 18.0 Å². The van der Waals surface area contributed by atoms with E-state index < -0.39 is 0 Å². The molecule has 0 aromatic heterocycles. The molecule has 2 nitrogen and oxygen atoms in total. The Balaban J connectivity index is 2.47. The Morgan fingerprint density at radius 1 is 1.06 bits per heavy atom. The van der Waals surface area contributed by atoms with Crippen molar-refractivity contribution in [3.05, 3.63) is 0 Å². The standard InChI is InChI=1S/C16H34N2/c1-5-12-18(14(4)7-6-13(2)3)16-10-8-15(17)9-11-16/h13-16H,5-12,17H2,1-4H3. The van der Waals surface area contributed by atoms with Crippen LogP contribution in [0, 0.1) is 5.92 Å². The SMILES string of the molecule is CCCN(C(C)CCC(C)C)C1CCC(N)CC1. The molecule has 1 atom stereocenters. The molecule has 0 bridgehead atoms. The van der Waals surface area contributed by atoms with Gasteiger partial charge in [0.05, 0.1) is 0 Å². The fraction of sp³-hybridized carbons (Fsp3) is 1.00. The van der Waals surface area contributed by atoms with Gasteiger partial charge in [-0.05, 0) is 64.3 Å². The Kier molecular flexibility index (Phi) is 7.25. The first kappa shape index (κ1) is 16.0. The lowest BCUT2D eigenvalue weighted by Crippen LogP contribution is -2.45. The van der Waals surface area contributed by atoms with Gasteiger partial charge >= 0.3 is 0 Å². The molecule has 1 rings (SSSR count). The minimum atomic E-state index is 0.468. The molecular formula is C16H34N2. The van der Waals surface area contributed by atoms with E-state index in [-0.39, 0.29) is 0 Å². The molecule has 18 heavy (non-hydrogen) atoms. The summed E-state index contributed by atoms with van der Waals surface area (Å²) in [5.41, 5.74) is 6.03. The summed E-state index contributed by atoms with van der Waals surface area (Å²) in [6.45, 7) is 10.6. The van der Waals surface area contributed by atoms with Crippen molar-refractivity contribution in [2.24, 2.45) is 11.7 Å². The molecular weight excluding hydrogens is 220 g/mol. The van der Waals surface area contributed by atoms with Crippen molar-refractivity contribution in [3.8, 4) is 0 Å². The van der Waals surface area contributed by atoms with Gasteiger partial charge in [-0.2, -0.15) is 0 Å². The third-order valence-electron chi connectivity index (χ3n) is 4.42. The second kappa shape index (κ2) is 8.16. The summed E-state index contributed by atoms with van der Waals surface area (Å²) in [6.07, 6.45) is 9.05. The van der Waals surface area contributed by atoms with Crippen LogP contribution in [0.5, 0.6) is 0 Å². The van der Waals surface area contributed by atoms with Crippen LogP contribution in [0.1, 0.15) is 72.6 Å². The normalized spacial score (nSPS) is 26.8. The van der Waals surface area contributed by atoms with Crippen molar-refractivity contribution < 1.29 is 0 Å². The minimum Gasteiger partial charge on any atom is -0.328 e. The minimum absolute atomic E-state index is 0.468. The van der Waals surface area contributed by atoms with Gasteiger partial charge in [-0.1, -0.05) is 20.8 Å². The van der Waals surface area contributed by atoms with Crippen molar-refractivity contribution in [3.63, 3.8) is 0 Å². The fourth-order valence-corrected chi connectivity index (χ4v) is 3.19. The van der Waals surface area contributed by atoms with E-state index in [9.17, 15) is 0 Å². The molecule has 0 heterocycles. The first-order chi connectivity index (χ1) is 8.54. The second-order valence-electron chi connectivity index (χ2n) is 6.63. The van der Waals surface area contributed by atoms with Crippen LogP contribution in [0.2, 0.25) is 0 Å². The molecule has 0 aromatic carbocycles. The predicted molar refractivity (Wildman–Crippen MR) is 80.8 cm³/mol. The average molecular weight is 254 g/mol. The molecule has 1 unspecified atom stereocenters. The zero-order valence-electron chi connectivity index (χ0n) is 13.0. The Morgan fingerprint density at radius 2 is 1.67 bits per heavy atom. The highest BCUT2D eigenvalue weighted by Crippen LogP contribution is 2.25. The maximum Gasteiger partial charge on any atom is 0.00992 e. The molecule has 0 radical (unpaired) electrons. The quantitative estimate of drug-likeness (QED) is 0.749. The van der Waals surface area contributed by atoms with Gasteiger partial charge in [-0.25, -0.2) is 0 Å². The van der Waals surface area contributed by atoms with Crippen LogP contribution in [0.4, 0.5) is 0 Å². The topological polar surface area (TPSA) is 29.3 Å². The second-order valence-corrected chi connectivity index (χ2v) is 6.63. The molecule has 1 fully saturated rings. The van der Waals surface area contributed by atoms with Gasteiger partial charge < -0.3 is 5.73 Å². The predicted octanol–water partition coefficient (Wildman–Crippen LogP) is 3.79. The molecule has 0 aromatic rings. The maximum absolute atomic E-state index is 6.03. The highest BCUT2D eigenvalue weighted by molar-refractivity contribution is 4.83. The van der Waals surface area contributed by atoms with E-state index in [4.69, 9.17) is 5.73 Å². The van der Waals surface area contributed by atoms with E-state index >= 15 is 0 Å². The summed E-state index contributed by atoms with van der Waals surface area (Å²) >= 11 is 0. The van der Waals surface area contributed by atoms with E-state index in [2.05, 4.69) is 32.6 Å². The monoisotopic (exact) mass is 254 g/mol. The molecule has 0 aliphatic heterocycles. The Morgan fingerprint density at radius 3 is 2.17 bits per heavy atom. The Labute approximate surface area is 114 Å². The molecule has 1 aliphatic carbocycles. The van der Waals surface area contributed by atoms with Crippen molar-refractivity contribution >= 4 is 0 Å². The van der Waals surface area contributed by atoms with E-state index in [1.807, 2.05) is 0 Å². The summed E-state index contributed by atoms with van der Waals surface area (Å²) in [4.78, 5) is 2.77. The van der Waals surface area contributed by atoms with E-state index in [1.165, 1.54) is 51.5 Å². The Bertz CT molecular complexity index is 207. The lowest BCUT2D eigenvalue weighted by Gasteiger charge is -2.40. The van der Waals surface area contributed by atoms with Crippen LogP contribution in [0.15, 0.2) is 0 Å². The van der Waals surface area contributed by atoms with Crippen LogP contribution in [0.25, 0.3) is 0 Å². The highest BCUT2D eigenvalue weighted by atomic mass is 15.2. The lowest BCUT2D eigenvalue weighted by molar-refractivity contribution is 0.0997. The van der Waals surface area contributed by atoms with Gasteiger partial charge in [0.1, 0.15) is 0 Å².